The molecule has 2 aromatic rings. The molecule has 1 fully saturated rings. The summed E-state index contributed by atoms with van der Waals surface area (Å²) in [7, 11) is 4.03. The van der Waals surface area contributed by atoms with Gasteiger partial charge >= 0.3 is 0 Å². The molecule has 1 aliphatic heterocycles. The van der Waals surface area contributed by atoms with Crippen molar-refractivity contribution in [3.05, 3.63) is 65.2 Å². The van der Waals surface area contributed by atoms with Gasteiger partial charge in [-0.25, -0.2) is 0 Å². The molecule has 0 aliphatic carbocycles. The number of anilines is 1. The molecule has 2 aromatic carbocycles. The summed E-state index contributed by atoms with van der Waals surface area (Å²) in [5.74, 6) is 0.721. The first-order valence-corrected chi connectivity index (χ1v) is 9.28. The van der Waals surface area contributed by atoms with Crippen LogP contribution in [0.3, 0.4) is 0 Å². The molecular formula is C22H28N2O2. The summed E-state index contributed by atoms with van der Waals surface area (Å²) in [5, 5.41) is 9.27. The maximum atomic E-state index is 12.6. The van der Waals surface area contributed by atoms with Crippen LogP contribution >= 0.6 is 0 Å². The van der Waals surface area contributed by atoms with E-state index in [1.54, 1.807) is 0 Å². The van der Waals surface area contributed by atoms with Crippen LogP contribution in [-0.2, 0) is 24.2 Å². The van der Waals surface area contributed by atoms with Gasteiger partial charge in [-0.05, 0) is 47.6 Å². The maximum Gasteiger partial charge on any atom is 0.226 e. The third-order valence-electron chi connectivity index (χ3n) is 5.14. The van der Waals surface area contributed by atoms with Gasteiger partial charge in [0.1, 0.15) is 0 Å². The number of likely N-dealkylation sites (tertiary alicyclic amines) is 1. The van der Waals surface area contributed by atoms with Crippen molar-refractivity contribution in [3.63, 3.8) is 0 Å². The van der Waals surface area contributed by atoms with E-state index in [9.17, 15) is 9.90 Å². The highest BCUT2D eigenvalue weighted by molar-refractivity contribution is 5.79. The minimum Gasteiger partial charge on any atom is -0.392 e. The third kappa shape index (κ3) is 4.64. The fourth-order valence-electron chi connectivity index (χ4n) is 3.61. The van der Waals surface area contributed by atoms with E-state index in [1.807, 2.05) is 43.3 Å². The Morgan fingerprint density at radius 2 is 1.85 bits per heavy atom. The lowest BCUT2D eigenvalue weighted by Crippen LogP contribution is -2.30. The van der Waals surface area contributed by atoms with E-state index in [2.05, 4.69) is 29.2 Å². The molecule has 1 atom stereocenters. The molecule has 0 saturated carbocycles. The minimum absolute atomic E-state index is 0.0791. The van der Waals surface area contributed by atoms with E-state index in [0.717, 1.165) is 42.7 Å². The first-order valence-electron chi connectivity index (χ1n) is 9.28. The highest BCUT2D eigenvalue weighted by Gasteiger charge is 2.26. The topological polar surface area (TPSA) is 43.8 Å². The Balaban J connectivity index is 1.53. The zero-order valence-corrected chi connectivity index (χ0v) is 15.7. The molecule has 0 spiro atoms. The zero-order valence-electron chi connectivity index (χ0n) is 15.7. The SMILES string of the molecule is CN(C)c1ccc(CC(=O)N2CC[C@@H](Cc3cccc(CO)c3)C2)cc1. The van der Waals surface area contributed by atoms with Gasteiger partial charge in [-0.1, -0.05) is 36.4 Å². The van der Waals surface area contributed by atoms with Gasteiger partial charge in [0.25, 0.3) is 0 Å². The number of aliphatic hydroxyl groups is 1. The van der Waals surface area contributed by atoms with Crippen LogP contribution in [0.25, 0.3) is 0 Å². The van der Waals surface area contributed by atoms with Crippen molar-refractivity contribution < 1.29 is 9.90 Å². The Kier molecular flexibility index (Phi) is 5.94. The monoisotopic (exact) mass is 352 g/mol. The van der Waals surface area contributed by atoms with Crippen molar-refractivity contribution in [1.82, 2.24) is 4.90 Å². The van der Waals surface area contributed by atoms with E-state index < -0.39 is 0 Å². The van der Waals surface area contributed by atoms with E-state index in [-0.39, 0.29) is 12.5 Å². The highest BCUT2D eigenvalue weighted by Crippen LogP contribution is 2.22. The lowest BCUT2D eigenvalue weighted by Gasteiger charge is -2.17. The summed E-state index contributed by atoms with van der Waals surface area (Å²) in [6.07, 6.45) is 2.49. The molecule has 3 rings (SSSR count). The van der Waals surface area contributed by atoms with Crippen LogP contribution in [-0.4, -0.2) is 43.1 Å². The van der Waals surface area contributed by atoms with Gasteiger partial charge in [0.05, 0.1) is 13.0 Å². The Bertz CT molecular complexity index is 740. The summed E-state index contributed by atoms with van der Waals surface area (Å²) in [4.78, 5) is 16.7. The van der Waals surface area contributed by atoms with Crippen LogP contribution < -0.4 is 4.90 Å². The van der Waals surface area contributed by atoms with Crippen molar-refractivity contribution in [2.75, 3.05) is 32.1 Å². The molecule has 4 nitrogen and oxygen atoms in total. The molecule has 0 aromatic heterocycles. The summed E-state index contributed by atoms with van der Waals surface area (Å²) in [6, 6.07) is 16.3. The average molecular weight is 352 g/mol. The number of carbonyl (C=O) groups excluding carboxylic acids is 1. The summed E-state index contributed by atoms with van der Waals surface area (Å²) < 4.78 is 0. The molecule has 138 valence electrons. The molecular weight excluding hydrogens is 324 g/mol. The molecule has 1 saturated heterocycles. The van der Waals surface area contributed by atoms with Crippen LogP contribution in [0.15, 0.2) is 48.5 Å². The van der Waals surface area contributed by atoms with E-state index >= 15 is 0 Å². The summed E-state index contributed by atoms with van der Waals surface area (Å²) >= 11 is 0. The van der Waals surface area contributed by atoms with Crippen LogP contribution in [0.2, 0.25) is 0 Å². The van der Waals surface area contributed by atoms with E-state index in [4.69, 9.17) is 0 Å². The van der Waals surface area contributed by atoms with Crippen LogP contribution in [0.5, 0.6) is 0 Å². The predicted molar refractivity (Wildman–Crippen MR) is 105 cm³/mol. The standard InChI is InChI=1S/C22H28N2O2/c1-23(2)21-8-6-17(7-9-21)14-22(26)24-11-10-19(15-24)12-18-4-3-5-20(13-18)16-25/h3-9,13,19,25H,10-12,14-16H2,1-2H3/t19-/m0/s1. The van der Waals surface area contributed by atoms with Crippen LogP contribution in [0, 0.1) is 5.92 Å². The molecule has 4 heteroatoms. The molecule has 1 heterocycles. The highest BCUT2D eigenvalue weighted by atomic mass is 16.3. The van der Waals surface area contributed by atoms with E-state index in [1.165, 1.54) is 5.56 Å². The maximum absolute atomic E-state index is 12.6. The fourth-order valence-corrected chi connectivity index (χ4v) is 3.61. The Morgan fingerprint density at radius 3 is 2.54 bits per heavy atom. The number of rotatable bonds is 6. The smallest absolute Gasteiger partial charge is 0.226 e. The average Bonchev–Trinajstić information content (AvgIpc) is 3.11. The number of nitrogens with zero attached hydrogens (tertiary/aromatic N) is 2. The molecule has 1 N–H and O–H groups in total. The molecule has 1 aliphatic rings. The van der Waals surface area contributed by atoms with Crippen molar-refractivity contribution in [2.45, 2.75) is 25.9 Å². The fraction of sp³-hybridized carbons (Fsp3) is 0.409. The second-order valence-corrected chi connectivity index (χ2v) is 7.41. The first-order chi connectivity index (χ1) is 12.5. The largest absolute Gasteiger partial charge is 0.392 e. The number of carbonyl (C=O) groups is 1. The van der Waals surface area contributed by atoms with Crippen molar-refractivity contribution >= 4 is 11.6 Å². The molecule has 0 unspecified atom stereocenters. The Hall–Kier alpha value is -2.33. The van der Waals surface area contributed by atoms with Gasteiger partial charge in [0.15, 0.2) is 0 Å². The first kappa shape index (κ1) is 18.5. The quantitative estimate of drug-likeness (QED) is 0.869. The lowest BCUT2D eigenvalue weighted by atomic mass is 9.97. The Morgan fingerprint density at radius 1 is 1.12 bits per heavy atom. The summed E-state index contributed by atoms with van der Waals surface area (Å²) in [5.41, 5.74) is 4.41. The zero-order chi connectivity index (χ0) is 18.5. The predicted octanol–water partition coefficient (Wildman–Crippen LogP) is 2.88. The lowest BCUT2D eigenvalue weighted by molar-refractivity contribution is -0.129. The molecule has 0 radical (unpaired) electrons. The number of hydrogen-bond acceptors (Lipinski definition) is 3. The van der Waals surface area contributed by atoms with Gasteiger partial charge in [-0.15, -0.1) is 0 Å². The minimum atomic E-state index is 0.0791. The number of hydrogen-bond donors (Lipinski definition) is 1. The van der Waals surface area contributed by atoms with Gasteiger partial charge < -0.3 is 14.9 Å². The van der Waals surface area contributed by atoms with E-state index in [0.29, 0.717) is 12.3 Å². The van der Waals surface area contributed by atoms with Crippen molar-refractivity contribution in [2.24, 2.45) is 5.92 Å². The normalized spacial score (nSPS) is 16.7. The number of benzene rings is 2. The van der Waals surface area contributed by atoms with Gasteiger partial charge in [-0.2, -0.15) is 0 Å². The number of amides is 1. The Labute approximate surface area is 156 Å². The van der Waals surface area contributed by atoms with Crippen molar-refractivity contribution in [3.8, 4) is 0 Å². The summed E-state index contributed by atoms with van der Waals surface area (Å²) in [6.45, 7) is 1.76. The second kappa shape index (κ2) is 8.37. The molecule has 0 bridgehead atoms. The van der Waals surface area contributed by atoms with Crippen molar-refractivity contribution in [1.29, 1.82) is 0 Å². The third-order valence-corrected chi connectivity index (χ3v) is 5.14. The molecule has 26 heavy (non-hydrogen) atoms. The van der Waals surface area contributed by atoms with Gasteiger partial charge in [0.2, 0.25) is 5.91 Å². The number of aliphatic hydroxyl groups excluding tert-OH is 1. The second-order valence-electron chi connectivity index (χ2n) is 7.41. The van der Waals surface area contributed by atoms with Gasteiger partial charge in [0, 0.05) is 32.9 Å². The van der Waals surface area contributed by atoms with Gasteiger partial charge in [-0.3, -0.25) is 4.79 Å². The van der Waals surface area contributed by atoms with Crippen LogP contribution in [0.4, 0.5) is 5.69 Å². The molecule has 1 amide bonds. The van der Waals surface area contributed by atoms with Crippen LogP contribution in [0.1, 0.15) is 23.1 Å².